The minimum absolute atomic E-state index is 0.0516. The van der Waals surface area contributed by atoms with Crippen LogP contribution >= 0.6 is 0 Å². The van der Waals surface area contributed by atoms with Crippen molar-refractivity contribution in [2.24, 2.45) is 0 Å². The first kappa shape index (κ1) is 23.9. The maximum atomic E-state index is 12.6. The molecule has 3 aromatic carbocycles. The molecule has 0 aliphatic rings. The minimum Gasteiger partial charge on any atom is -0.497 e. The van der Waals surface area contributed by atoms with Crippen LogP contribution < -0.4 is 24.2 Å². The van der Waals surface area contributed by atoms with E-state index in [1.165, 1.54) is 24.3 Å². The first-order valence-corrected chi connectivity index (χ1v) is 11.8. The van der Waals surface area contributed by atoms with Gasteiger partial charge in [-0.1, -0.05) is 0 Å². The fraction of sp³-hybridized carbons (Fsp3) is 0.208. The Hall–Kier alpha value is -3.72. The highest BCUT2D eigenvalue weighted by Crippen LogP contribution is 2.20. The van der Waals surface area contributed by atoms with Crippen molar-refractivity contribution in [2.45, 2.75) is 11.8 Å². The molecule has 1 amide bonds. The van der Waals surface area contributed by atoms with Gasteiger partial charge in [0.05, 0.1) is 25.2 Å². The molecule has 0 unspecified atom stereocenters. The van der Waals surface area contributed by atoms with Crippen molar-refractivity contribution >= 4 is 21.6 Å². The molecular formula is C24H26N2O6S. The number of ether oxygens (including phenoxy) is 3. The standard InChI is InChI=1S/C24H26N2O6S/c1-3-31-21-8-6-19(7-9-21)26-33(28,29)23-14-4-18(5-15-23)24(27)25-16-17-32-22-12-10-20(30-2)11-13-22/h4-15,26H,3,16-17H2,1-2H3,(H,25,27). The van der Waals surface area contributed by atoms with Gasteiger partial charge < -0.3 is 19.5 Å². The summed E-state index contributed by atoms with van der Waals surface area (Å²) in [5, 5.41) is 2.74. The fourth-order valence-corrected chi connectivity index (χ4v) is 3.95. The molecule has 0 aliphatic heterocycles. The van der Waals surface area contributed by atoms with Gasteiger partial charge >= 0.3 is 0 Å². The van der Waals surface area contributed by atoms with E-state index >= 15 is 0 Å². The maximum Gasteiger partial charge on any atom is 0.261 e. The molecule has 0 heterocycles. The number of amides is 1. The lowest BCUT2D eigenvalue weighted by Gasteiger charge is -2.10. The molecule has 33 heavy (non-hydrogen) atoms. The zero-order valence-corrected chi connectivity index (χ0v) is 19.2. The largest absolute Gasteiger partial charge is 0.497 e. The fourth-order valence-electron chi connectivity index (χ4n) is 2.89. The van der Waals surface area contributed by atoms with Crippen LogP contribution in [-0.4, -0.2) is 41.2 Å². The summed E-state index contributed by atoms with van der Waals surface area (Å²) in [7, 11) is -2.20. The third-order valence-corrected chi connectivity index (χ3v) is 5.96. The van der Waals surface area contributed by atoms with E-state index in [0.29, 0.717) is 35.9 Å². The van der Waals surface area contributed by atoms with Gasteiger partial charge in [0.25, 0.3) is 15.9 Å². The molecule has 0 radical (unpaired) electrons. The molecule has 9 heteroatoms. The number of carbonyl (C=O) groups excluding carboxylic acids is 1. The molecule has 174 valence electrons. The Kier molecular flexibility index (Phi) is 8.15. The van der Waals surface area contributed by atoms with Crippen molar-refractivity contribution < 1.29 is 27.4 Å². The second kappa shape index (κ2) is 11.2. The molecule has 3 rings (SSSR count). The number of nitrogens with one attached hydrogen (secondary N) is 2. The van der Waals surface area contributed by atoms with Gasteiger partial charge in [-0.05, 0) is 79.7 Å². The van der Waals surface area contributed by atoms with Crippen LogP contribution in [0.25, 0.3) is 0 Å². The smallest absolute Gasteiger partial charge is 0.261 e. The van der Waals surface area contributed by atoms with Gasteiger partial charge in [0.15, 0.2) is 0 Å². The van der Waals surface area contributed by atoms with E-state index in [1.807, 2.05) is 6.92 Å². The summed E-state index contributed by atoms with van der Waals surface area (Å²) in [6.07, 6.45) is 0. The molecule has 8 nitrogen and oxygen atoms in total. The summed E-state index contributed by atoms with van der Waals surface area (Å²) in [5.74, 6) is 1.73. The lowest BCUT2D eigenvalue weighted by molar-refractivity contribution is 0.0947. The van der Waals surface area contributed by atoms with Crippen LogP contribution in [0.1, 0.15) is 17.3 Å². The van der Waals surface area contributed by atoms with Crippen LogP contribution in [0.2, 0.25) is 0 Å². The Labute approximate surface area is 193 Å². The summed E-state index contributed by atoms with van der Waals surface area (Å²) in [6.45, 7) is 2.98. The van der Waals surface area contributed by atoms with Gasteiger partial charge in [0.1, 0.15) is 23.9 Å². The minimum atomic E-state index is -3.79. The second-order valence-electron chi connectivity index (χ2n) is 6.87. The van der Waals surface area contributed by atoms with Crippen LogP contribution in [-0.2, 0) is 10.0 Å². The predicted octanol–water partition coefficient (Wildman–Crippen LogP) is 3.70. The van der Waals surface area contributed by atoms with Crippen molar-refractivity contribution in [2.75, 3.05) is 31.6 Å². The average Bonchev–Trinajstić information content (AvgIpc) is 2.83. The van der Waals surface area contributed by atoms with E-state index in [4.69, 9.17) is 14.2 Å². The van der Waals surface area contributed by atoms with Crippen molar-refractivity contribution in [3.05, 3.63) is 78.4 Å². The van der Waals surface area contributed by atoms with Gasteiger partial charge in [-0.15, -0.1) is 0 Å². The molecule has 0 aliphatic carbocycles. The number of hydrogen-bond donors (Lipinski definition) is 2. The van der Waals surface area contributed by atoms with Crippen molar-refractivity contribution in [1.29, 1.82) is 0 Å². The molecule has 0 spiro atoms. The quantitative estimate of drug-likeness (QED) is 0.414. The summed E-state index contributed by atoms with van der Waals surface area (Å²) < 4.78 is 43.7. The third-order valence-electron chi connectivity index (χ3n) is 4.56. The maximum absolute atomic E-state index is 12.6. The Bertz CT molecular complexity index is 1150. The Morgan fingerprint density at radius 1 is 0.818 bits per heavy atom. The molecule has 0 fully saturated rings. The van der Waals surface area contributed by atoms with E-state index in [-0.39, 0.29) is 17.4 Å². The van der Waals surface area contributed by atoms with Crippen LogP contribution in [0.5, 0.6) is 17.2 Å². The summed E-state index contributed by atoms with van der Waals surface area (Å²) in [6, 6.07) is 19.5. The first-order chi connectivity index (χ1) is 15.9. The normalized spacial score (nSPS) is 10.8. The van der Waals surface area contributed by atoms with E-state index < -0.39 is 10.0 Å². The molecule has 0 atom stereocenters. The number of hydrogen-bond acceptors (Lipinski definition) is 6. The summed E-state index contributed by atoms with van der Waals surface area (Å²) in [4.78, 5) is 12.4. The number of benzene rings is 3. The van der Waals surface area contributed by atoms with Crippen LogP contribution in [0.15, 0.2) is 77.7 Å². The van der Waals surface area contributed by atoms with Gasteiger partial charge in [-0.2, -0.15) is 0 Å². The van der Waals surface area contributed by atoms with E-state index in [9.17, 15) is 13.2 Å². The van der Waals surface area contributed by atoms with Crippen molar-refractivity contribution in [3.8, 4) is 17.2 Å². The van der Waals surface area contributed by atoms with Crippen molar-refractivity contribution in [1.82, 2.24) is 5.32 Å². The summed E-state index contributed by atoms with van der Waals surface area (Å²) >= 11 is 0. The number of rotatable bonds is 11. The topological polar surface area (TPSA) is 103 Å². The van der Waals surface area contributed by atoms with Gasteiger partial charge in [-0.25, -0.2) is 8.42 Å². The zero-order valence-electron chi connectivity index (χ0n) is 18.4. The van der Waals surface area contributed by atoms with E-state index in [2.05, 4.69) is 10.0 Å². The lowest BCUT2D eigenvalue weighted by Crippen LogP contribution is -2.28. The monoisotopic (exact) mass is 470 g/mol. The van der Waals surface area contributed by atoms with Gasteiger partial charge in [0, 0.05) is 11.3 Å². The molecule has 0 aromatic heterocycles. The molecule has 0 bridgehead atoms. The van der Waals surface area contributed by atoms with Crippen LogP contribution in [0.4, 0.5) is 5.69 Å². The van der Waals surface area contributed by atoms with Gasteiger partial charge in [0.2, 0.25) is 0 Å². The zero-order chi connectivity index (χ0) is 23.7. The Balaban J connectivity index is 1.50. The highest BCUT2D eigenvalue weighted by atomic mass is 32.2. The van der Waals surface area contributed by atoms with Crippen LogP contribution in [0, 0.1) is 0 Å². The first-order valence-electron chi connectivity index (χ1n) is 10.3. The number of anilines is 1. The molecule has 0 saturated heterocycles. The lowest BCUT2D eigenvalue weighted by atomic mass is 10.2. The van der Waals surface area contributed by atoms with Crippen LogP contribution in [0.3, 0.4) is 0 Å². The Morgan fingerprint density at radius 3 is 2.00 bits per heavy atom. The van der Waals surface area contributed by atoms with E-state index in [0.717, 1.165) is 5.75 Å². The summed E-state index contributed by atoms with van der Waals surface area (Å²) in [5.41, 5.74) is 0.761. The van der Waals surface area contributed by atoms with E-state index in [1.54, 1.807) is 55.6 Å². The average molecular weight is 471 g/mol. The molecule has 0 saturated carbocycles. The predicted molar refractivity (Wildman–Crippen MR) is 126 cm³/mol. The number of methoxy groups -OCH3 is 1. The SMILES string of the molecule is CCOc1ccc(NS(=O)(=O)c2ccc(C(=O)NCCOc3ccc(OC)cc3)cc2)cc1. The molecule has 2 N–H and O–H groups in total. The highest BCUT2D eigenvalue weighted by molar-refractivity contribution is 7.92. The number of sulfonamides is 1. The third kappa shape index (κ3) is 6.88. The number of carbonyl (C=O) groups is 1. The molecular weight excluding hydrogens is 444 g/mol. The molecule has 3 aromatic rings. The van der Waals surface area contributed by atoms with Crippen molar-refractivity contribution in [3.63, 3.8) is 0 Å². The van der Waals surface area contributed by atoms with Gasteiger partial charge in [-0.3, -0.25) is 9.52 Å². The highest BCUT2D eigenvalue weighted by Gasteiger charge is 2.15. The Morgan fingerprint density at radius 2 is 1.39 bits per heavy atom. The second-order valence-corrected chi connectivity index (χ2v) is 8.55.